The predicted molar refractivity (Wildman–Crippen MR) is 112 cm³/mol. The van der Waals surface area contributed by atoms with Gasteiger partial charge in [-0.2, -0.15) is 9.13 Å². The van der Waals surface area contributed by atoms with E-state index in [1.54, 1.807) is 0 Å². The molecule has 0 aliphatic heterocycles. The van der Waals surface area contributed by atoms with Gasteiger partial charge in [-0.1, -0.05) is 59.8 Å². The molecule has 0 bridgehead atoms. The van der Waals surface area contributed by atoms with Gasteiger partial charge >= 0.3 is 0 Å². The van der Waals surface area contributed by atoms with Crippen LogP contribution in [0.5, 0.6) is 0 Å². The fraction of sp³-hybridized carbons (Fsp3) is 0.364. The van der Waals surface area contributed by atoms with Gasteiger partial charge in [0.15, 0.2) is 0 Å². The summed E-state index contributed by atoms with van der Waals surface area (Å²) in [7, 11) is 4.41. The van der Waals surface area contributed by atoms with E-state index in [-0.39, 0.29) is 0 Å². The van der Waals surface area contributed by atoms with Gasteiger partial charge < -0.3 is 0 Å². The van der Waals surface area contributed by atoms with E-state index in [0.717, 1.165) is 0 Å². The summed E-state index contributed by atoms with van der Waals surface area (Å²) < 4.78 is 7.55. The Labute approximate surface area is 163 Å². The average Bonchev–Trinajstić information content (AvgIpc) is 3.16. The lowest BCUT2D eigenvalue weighted by atomic mass is 10.1. The van der Waals surface area contributed by atoms with Crippen molar-refractivity contribution >= 4 is 43.1 Å². The van der Waals surface area contributed by atoms with Crippen molar-refractivity contribution in [3.63, 3.8) is 0 Å². The van der Waals surface area contributed by atoms with Crippen LogP contribution in [-0.4, -0.2) is 0 Å². The Bertz CT molecular complexity index is 945. The number of unbranched alkanes of at least 4 members (excludes halogenated alkanes) is 3. The SMILES string of the molecule is C[n+]1c(CCCCCCc2sc3ccccc3[n+]2C)sc2ccccc21. The maximum Gasteiger partial charge on any atom is 0.238 e. The van der Waals surface area contributed by atoms with E-state index < -0.39 is 0 Å². The van der Waals surface area contributed by atoms with Crippen molar-refractivity contribution in [2.45, 2.75) is 38.5 Å². The summed E-state index contributed by atoms with van der Waals surface area (Å²) >= 11 is 3.90. The third-order valence-corrected chi connectivity index (χ3v) is 7.75. The highest BCUT2D eigenvalue weighted by Crippen LogP contribution is 2.23. The normalized spacial score (nSPS) is 11.6. The zero-order chi connectivity index (χ0) is 17.9. The van der Waals surface area contributed by atoms with Crippen molar-refractivity contribution in [1.29, 1.82) is 0 Å². The number of aromatic nitrogens is 2. The molecule has 0 radical (unpaired) electrons. The molecule has 0 atom stereocenters. The smallest absolute Gasteiger partial charge is 0.189 e. The molecule has 0 aliphatic carbocycles. The highest BCUT2D eigenvalue weighted by molar-refractivity contribution is 7.18. The Morgan fingerprint density at radius 3 is 1.46 bits per heavy atom. The quantitative estimate of drug-likeness (QED) is 0.310. The van der Waals surface area contributed by atoms with Crippen LogP contribution in [0.15, 0.2) is 48.5 Å². The molecule has 134 valence electrons. The van der Waals surface area contributed by atoms with Crippen LogP contribution < -0.4 is 9.13 Å². The second-order valence-corrected chi connectivity index (χ2v) is 9.19. The molecule has 0 aliphatic rings. The van der Waals surface area contributed by atoms with Gasteiger partial charge in [-0.3, -0.25) is 0 Å². The number of thiazole rings is 2. The third-order valence-electron chi connectivity index (χ3n) is 5.19. The van der Waals surface area contributed by atoms with Crippen LogP contribution in [0.25, 0.3) is 20.4 Å². The number of aryl methyl sites for hydroxylation is 4. The number of rotatable bonds is 7. The first-order valence-electron chi connectivity index (χ1n) is 9.47. The Balaban J connectivity index is 1.26. The highest BCUT2D eigenvalue weighted by Gasteiger charge is 2.17. The van der Waals surface area contributed by atoms with Crippen LogP contribution in [0.2, 0.25) is 0 Å². The molecule has 0 unspecified atom stereocenters. The zero-order valence-electron chi connectivity index (χ0n) is 15.6. The number of benzene rings is 2. The van der Waals surface area contributed by atoms with Gasteiger partial charge in [0.1, 0.15) is 23.5 Å². The number of fused-ring (bicyclic) bond motifs is 2. The van der Waals surface area contributed by atoms with Crippen molar-refractivity contribution in [1.82, 2.24) is 0 Å². The summed E-state index contributed by atoms with van der Waals surface area (Å²) in [5, 5.41) is 3.00. The van der Waals surface area contributed by atoms with Gasteiger partial charge in [0.05, 0.1) is 0 Å². The van der Waals surface area contributed by atoms with Crippen LogP contribution >= 0.6 is 22.7 Å². The molecule has 4 aromatic rings. The maximum atomic E-state index is 2.37. The summed E-state index contributed by atoms with van der Waals surface area (Å²) in [4.78, 5) is 0. The molecule has 2 aromatic carbocycles. The minimum atomic E-state index is 1.20. The molecule has 0 spiro atoms. The topological polar surface area (TPSA) is 7.76 Å². The molecule has 0 saturated heterocycles. The molecule has 0 amide bonds. The number of nitrogens with zero attached hydrogens (tertiary/aromatic N) is 2. The van der Waals surface area contributed by atoms with Gasteiger partial charge in [-0.05, 0) is 25.0 Å². The van der Waals surface area contributed by atoms with E-state index in [2.05, 4.69) is 71.8 Å². The minimum absolute atomic E-state index is 1.20. The summed E-state index contributed by atoms with van der Waals surface area (Å²) in [5.41, 5.74) is 2.73. The first kappa shape index (κ1) is 17.6. The van der Waals surface area contributed by atoms with Crippen LogP contribution in [0, 0.1) is 0 Å². The second-order valence-electron chi connectivity index (χ2n) is 6.96. The fourth-order valence-electron chi connectivity index (χ4n) is 3.64. The molecule has 26 heavy (non-hydrogen) atoms. The Hall–Kier alpha value is -1.78. The molecule has 4 rings (SSSR count). The largest absolute Gasteiger partial charge is 0.238 e. The average molecular weight is 383 g/mol. The van der Waals surface area contributed by atoms with Crippen molar-refractivity contribution in [3.8, 4) is 0 Å². The lowest BCUT2D eigenvalue weighted by molar-refractivity contribution is -0.648. The van der Waals surface area contributed by atoms with E-state index in [4.69, 9.17) is 0 Å². The van der Waals surface area contributed by atoms with E-state index in [0.29, 0.717) is 0 Å². The molecular weight excluding hydrogens is 356 g/mol. The molecule has 2 nitrogen and oxygen atoms in total. The molecule has 0 fully saturated rings. The molecule has 0 saturated carbocycles. The molecule has 2 heterocycles. The van der Waals surface area contributed by atoms with Crippen LogP contribution in [0.1, 0.15) is 35.7 Å². The number of hydrogen-bond donors (Lipinski definition) is 0. The van der Waals surface area contributed by atoms with E-state index >= 15 is 0 Å². The van der Waals surface area contributed by atoms with Crippen LogP contribution in [-0.2, 0) is 26.9 Å². The lowest BCUT2D eigenvalue weighted by Crippen LogP contribution is -2.30. The zero-order valence-corrected chi connectivity index (χ0v) is 17.2. The lowest BCUT2D eigenvalue weighted by Gasteiger charge is -1.98. The molecule has 2 aromatic heterocycles. The summed E-state index contributed by atoms with van der Waals surface area (Å²) in [5.74, 6) is 0. The summed E-state index contributed by atoms with van der Waals surface area (Å²) in [6.07, 6.45) is 7.63. The predicted octanol–water partition coefficient (Wildman–Crippen LogP) is 5.11. The van der Waals surface area contributed by atoms with Gasteiger partial charge in [0.25, 0.3) is 0 Å². The van der Waals surface area contributed by atoms with Crippen molar-refractivity contribution in [3.05, 3.63) is 58.5 Å². The van der Waals surface area contributed by atoms with E-state index in [9.17, 15) is 0 Å². The highest BCUT2D eigenvalue weighted by atomic mass is 32.1. The van der Waals surface area contributed by atoms with Gasteiger partial charge in [-0.25, -0.2) is 0 Å². The maximum absolute atomic E-state index is 2.37. The summed E-state index contributed by atoms with van der Waals surface area (Å²) in [6.45, 7) is 0. The molecule has 4 heteroatoms. The molecule has 0 N–H and O–H groups in total. The monoisotopic (exact) mass is 382 g/mol. The van der Waals surface area contributed by atoms with E-state index in [1.807, 2.05) is 22.7 Å². The van der Waals surface area contributed by atoms with Crippen molar-refractivity contribution < 1.29 is 9.13 Å². The van der Waals surface area contributed by atoms with Crippen LogP contribution in [0.3, 0.4) is 0 Å². The second kappa shape index (κ2) is 7.85. The van der Waals surface area contributed by atoms with Gasteiger partial charge in [0, 0.05) is 25.0 Å². The van der Waals surface area contributed by atoms with Crippen LogP contribution in [0.4, 0.5) is 0 Å². The Morgan fingerprint density at radius 1 is 0.615 bits per heavy atom. The first-order chi connectivity index (χ1) is 12.7. The standard InChI is InChI=1S/C22H26N2S2/c1-23-17-11-7-9-13-19(17)25-21(23)15-5-3-4-6-16-22-24(2)18-12-8-10-14-20(18)26-22/h7-14H,3-6,15-16H2,1-2H3/q+2. The van der Waals surface area contributed by atoms with Crippen molar-refractivity contribution in [2.75, 3.05) is 0 Å². The van der Waals surface area contributed by atoms with Gasteiger partial charge in [0.2, 0.25) is 21.0 Å². The number of para-hydroxylation sites is 2. The summed E-state index contributed by atoms with van der Waals surface area (Å²) in [6, 6.07) is 17.4. The fourth-order valence-corrected chi connectivity index (χ4v) is 6.03. The Kier molecular flexibility index (Phi) is 5.32. The van der Waals surface area contributed by atoms with Gasteiger partial charge in [-0.15, -0.1) is 0 Å². The first-order valence-corrected chi connectivity index (χ1v) is 11.1. The van der Waals surface area contributed by atoms with E-state index in [1.165, 1.54) is 69.0 Å². The number of hydrogen-bond acceptors (Lipinski definition) is 2. The third kappa shape index (κ3) is 3.53. The van der Waals surface area contributed by atoms with Crippen molar-refractivity contribution in [2.24, 2.45) is 14.1 Å². The Morgan fingerprint density at radius 2 is 1.04 bits per heavy atom. The minimum Gasteiger partial charge on any atom is -0.189 e. The molecular formula is C22H26N2S2+2.